The van der Waals surface area contributed by atoms with Gasteiger partial charge in [-0.25, -0.2) is 15.0 Å². The van der Waals surface area contributed by atoms with Crippen molar-refractivity contribution in [3.8, 4) is 0 Å². The molecule has 156 valence electrons. The van der Waals surface area contributed by atoms with Crippen LogP contribution in [0.4, 0.5) is 17.5 Å². The highest BCUT2D eigenvalue weighted by Gasteiger charge is 2.45. The van der Waals surface area contributed by atoms with Crippen LogP contribution in [-0.4, -0.2) is 50.0 Å². The van der Waals surface area contributed by atoms with Crippen LogP contribution in [0.25, 0.3) is 10.9 Å². The van der Waals surface area contributed by atoms with Crippen molar-refractivity contribution >= 4 is 51.0 Å². The van der Waals surface area contributed by atoms with Crippen LogP contribution in [-0.2, 0) is 21.6 Å². The Hall–Kier alpha value is -2.33. The lowest BCUT2D eigenvalue weighted by molar-refractivity contribution is -0.0985. The molecular formula is C20H19ClN5O3S-. The van der Waals surface area contributed by atoms with Crippen molar-refractivity contribution < 1.29 is 13.5 Å². The summed E-state index contributed by atoms with van der Waals surface area (Å²) < 4.78 is 27.2. The van der Waals surface area contributed by atoms with Gasteiger partial charge in [-0.1, -0.05) is 28.7 Å². The normalized spacial score (nSPS) is 18.5. The van der Waals surface area contributed by atoms with Gasteiger partial charge in [0.2, 0.25) is 5.95 Å². The number of nitrogens with one attached hydrogen (secondary N) is 1. The van der Waals surface area contributed by atoms with E-state index in [-0.39, 0.29) is 11.2 Å². The van der Waals surface area contributed by atoms with Gasteiger partial charge in [-0.2, -0.15) is 0 Å². The summed E-state index contributed by atoms with van der Waals surface area (Å²) in [7, 11) is 0. The molecule has 4 heterocycles. The molecule has 0 saturated carbocycles. The second kappa shape index (κ2) is 7.73. The molecule has 1 aromatic carbocycles. The molecule has 0 aliphatic carbocycles. The van der Waals surface area contributed by atoms with E-state index in [2.05, 4.69) is 20.2 Å². The largest absolute Gasteiger partial charge is 0.772 e. The maximum atomic E-state index is 10.9. The Labute approximate surface area is 180 Å². The van der Waals surface area contributed by atoms with E-state index in [0.29, 0.717) is 22.2 Å². The third-order valence-corrected chi connectivity index (χ3v) is 6.48. The number of fused-ring (bicyclic) bond motifs is 1. The molecule has 5 rings (SSSR count). The van der Waals surface area contributed by atoms with Crippen LogP contribution in [0, 0.1) is 5.41 Å². The molecule has 2 saturated heterocycles. The standard InChI is InChI=1S/C20H20ClN5O3S/c21-15-7-13(9-30(27)28)1-2-16(15)24-19-23-8-14-3-5-22-18(17(14)25-19)26-6-4-20(10-26)11-29-12-20/h1-3,5,7-8H,4,6,9-12H2,(H,27,28)(H,23,24,25)/p-1. The van der Waals surface area contributed by atoms with Gasteiger partial charge in [0.1, 0.15) is 5.52 Å². The Bertz CT molecular complexity index is 1140. The maximum absolute atomic E-state index is 10.9. The number of benzene rings is 1. The first kappa shape index (κ1) is 19.6. The number of halogens is 1. The second-order valence-electron chi connectivity index (χ2n) is 7.82. The summed E-state index contributed by atoms with van der Waals surface area (Å²) in [5.74, 6) is 1.17. The van der Waals surface area contributed by atoms with Gasteiger partial charge >= 0.3 is 0 Å². The Morgan fingerprint density at radius 3 is 2.87 bits per heavy atom. The Balaban J connectivity index is 1.43. The third kappa shape index (κ3) is 3.74. The fraction of sp³-hybridized carbons (Fsp3) is 0.350. The van der Waals surface area contributed by atoms with E-state index < -0.39 is 11.1 Å². The van der Waals surface area contributed by atoms with Gasteiger partial charge in [0.05, 0.1) is 23.9 Å². The van der Waals surface area contributed by atoms with Gasteiger partial charge < -0.3 is 19.5 Å². The number of pyridine rings is 1. The monoisotopic (exact) mass is 444 g/mol. The number of nitrogens with zero attached hydrogens (tertiary/aromatic N) is 4. The molecule has 0 bridgehead atoms. The topological polar surface area (TPSA) is 103 Å². The van der Waals surface area contributed by atoms with Crippen molar-refractivity contribution in [1.29, 1.82) is 0 Å². The Morgan fingerprint density at radius 2 is 2.17 bits per heavy atom. The average Bonchev–Trinajstić information content (AvgIpc) is 3.15. The molecule has 2 aliphatic rings. The van der Waals surface area contributed by atoms with Crippen molar-refractivity contribution in [2.24, 2.45) is 5.41 Å². The van der Waals surface area contributed by atoms with Gasteiger partial charge in [0.25, 0.3) is 0 Å². The highest BCUT2D eigenvalue weighted by atomic mass is 35.5. The first-order chi connectivity index (χ1) is 14.5. The highest BCUT2D eigenvalue weighted by molar-refractivity contribution is 7.78. The number of anilines is 3. The van der Waals surface area contributed by atoms with Gasteiger partial charge in [-0.3, -0.25) is 4.21 Å². The van der Waals surface area contributed by atoms with E-state index in [9.17, 15) is 8.76 Å². The SMILES string of the molecule is O=S([O-])Cc1ccc(Nc2ncc3ccnc(N4CCC5(COC5)C4)c3n2)c(Cl)c1. The molecule has 8 nitrogen and oxygen atoms in total. The first-order valence-electron chi connectivity index (χ1n) is 9.57. The zero-order valence-corrected chi connectivity index (χ0v) is 17.6. The minimum absolute atomic E-state index is 0.0795. The fourth-order valence-electron chi connectivity index (χ4n) is 3.98. The molecule has 1 atom stereocenters. The van der Waals surface area contributed by atoms with Gasteiger partial charge in [0.15, 0.2) is 5.82 Å². The number of ether oxygens (including phenoxy) is 1. The van der Waals surface area contributed by atoms with Gasteiger partial charge in [-0.05, 0) is 30.2 Å². The van der Waals surface area contributed by atoms with Crippen LogP contribution in [0.3, 0.4) is 0 Å². The van der Waals surface area contributed by atoms with E-state index in [4.69, 9.17) is 21.3 Å². The second-order valence-corrected chi connectivity index (χ2v) is 9.12. The lowest BCUT2D eigenvalue weighted by atomic mass is 9.85. The molecule has 0 radical (unpaired) electrons. The zero-order valence-electron chi connectivity index (χ0n) is 16.0. The summed E-state index contributed by atoms with van der Waals surface area (Å²) in [6, 6.07) is 6.95. The third-order valence-electron chi connectivity index (χ3n) is 5.60. The molecule has 1 N–H and O–H groups in total. The molecule has 3 aromatic rings. The van der Waals surface area contributed by atoms with E-state index in [1.54, 1.807) is 30.6 Å². The van der Waals surface area contributed by atoms with E-state index >= 15 is 0 Å². The predicted molar refractivity (Wildman–Crippen MR) is 115 cm³/mol. The van der Waals surface area contributed by atoms with Crippen LogP contribution in [0.5, 0.6) is 0 Å². The summed E-state index contributed by atoms with van der Waals surface area (Å²) in [6.07, 6.45) is 4.64. The van der Waals surface area contributed by atoms with Gasteiger partial charge in [0, 0.05) is 42.0 Å². The fourth-order valence-corrected chi connectivity index (χ4v) is 4.68. The average molecular weight is 445 g/mol. The Morgan fingerprint density at radius 1 is 1.30 bits per heavy atom. The lowest BCUT2D eigenvalue weighted by Crippen LogP contribution is -2.44. The summed E-state index contributed by atoms with van der Waals surface area (Å²) in [4.78, 5) is 16.0. The van der Waals surface area contributed by atoms with Crippen molar-refractivity contribution in [2.75, 3.05) is 36.5 Å². The van der Waals surface area contributed by atoms with Gasteiger partial charge in [-0.15, -0.1) is 0 Å². The minimum Gasteiger partial charge on any atom is -0.772 e. The number of rotatable bonds is 5. The lowest BCUT2D eigenvalue weighted by Gasteiger charge is -2.37. The maximum Gasteiger partial charge on any atom is 0.227 e. The quantitative estimate of drug-likeness (QED) is 0.599. The molecule has 1 unspecified atom stereocenters. The summed E-state index contributed by atoms with van der Waals surface area (Å²) >= 11 is 4.15. The Kier molecular flexibility index (Phi) is 5.06. The van der Waals surface area contributed by atoms with Crippen LogP contribution in [0.15, 0.2) is 36.7 Å². The molecule has 30 heavy (non-hydrogen) atoms. The molecule has 2 aromatic heterocycles. The molecular weight excluding hydrogens is 426 g/mol. The van der Waals surface area contributed by atoms with Crippen LogP contribution in [0.2, 0.25) is 5.02 Å². The van der Waals surface area contributed by atoms with Crippen LogP contribution < -0.4 is 10.2 Å². The molecule has 2 aliphatic heterocycles. The van der Waals surface area contributed by atoms with Crippen molar-refractivity contribution in [2.45, 2.75) is 12.2 Å². The smallest absolute Gasteiger partial charge is 0.227 e. The zero-order chi connectivity index (χ0) is 20.7. The molecule has 1 spiro atoms. The van der Waals surface area contributed by atoms with Crippen molar-refractivity contribution in [3.05, 3.63) is 47.2 Å². The number of hydrogen-bond donors (Lipinski definition) is 1. The first-order valence-corrected chi connectivity index (χ1v) is 11.2. The molecule has 2 fully saturated rings. The predicted octanol–water partition coefficient (Wildman–Crippen LogP) is 3.03. The number of hydrogen-bond acceptors (Lipinski definition) is 8. The van der Waals surface area contributed by atoms with Crippen molar-refractivity contribution in [3.63, 3.8) is 0 Å². The van der Waals surface area contributed by atoms with E-state index in [0.717, 1.165) is 49.4 Å². The highest BCUT2D eigenvalue weighted by Crippen LogP contribution is 2.40. The van der Waals surface area contributed by atoms with E-state index in [1.165, 1.54) is 0 Å². The molecule has 10 heteroatoms. The van der Waals surface area contributed by atoms with E-state index in [1.807, 2.05) is 6.07 Å². The minimum atomic E-state index is -2.16. The summed E-state index contributed by atoms with van der Waals surface area (Å²) in [5.41, 5.74) is 2.25. The summed E-state index contributed by atoms with van der Waals surface area (Å²) in [5, 5.41) is 4.44. The van der Waals surface area contributed by atoms with Crippen LogP contribution >= 0.6 is 11.6 Å². The van der Waals surface area contributed by atoms with Crippen molar-refractivity contribution in [1.82, 2.24) is 15.0 Å². The number of aromatic nitrogens is 3. The summed E-state index contributed by atoms with van der Waals surface area (Å²) in [6.45, 7) is 3.46. The molecule has 0 amide bonds. The van der Waals surface area contributed by atoms with Crippen LogP contribution in [0.1, 0.15) is 12.0 Å².